The maximum absolute atomic E-state index is 12.0. The Morgan fingerprint density at radius 2 is 1.46 bits per heavy atom. The van der Waals surface area contributed by atoms with Crippen LogP contribution in [0.1, 0.15) is 83.6 Å². The van der Waals surface area contributed by atoms with Crippen molar-refractivity contribution in [2.45, 2.75) is 85.5 Å². The summed E-state index contributed by atoms with van der Waals surface area (Å²) in [4.78, 5) is 12.0. The predicted octanol–water partition coefficient (Wildman–Crippen LogP) is 5.52. The Hall–Kier alpha value is -1.15. The smallest absolute Gasteiger partial charge is 0.135 e. The summed E-state index contributed by atoms with van der Waals surface area (Å²) < 4.78 is 5.28. The fourth-order valence-electron chi connectivity index (χ4n) is 3.22. The van der Waals surface area contributed by atoms with Crippen molar-refractivity contribution in [2.24, 2.45) is 0 Å². The third-order valence-electron chi connectivity index (χ3n) is 4.51. The number of ketones is 1. The summed E-state index contributed by atoms with van der Waals surface area (Å²) in [6.45, 7) is 19.0. The molecule has 0 atom stereocenters. The van der Waals surface area contributed by atoms with Gasteiger partial charge in [-0.3, -0.25) is 4.79 Å². The highest BCUT2D eigenvalue weighted by Crippen LogP contribution is 2.34. The van der Waals surface area contributed by atoms with Gasteiger partial charge in [-0.15, -0.1) is 0 Å². The number of ether oxygens (including phenoxy) is 1. The molecule has 0 aromatic heterocycles. The molecule has 1 aromatic carbocycles. The van der Waals surface area contributed by atoms with E-state index in [1.54, 1.807) is 0 Å². The normalized spacial score (nSPS) is 12.5. The molecule has 0 N–H and O–H groups in total. The molecule has 0 amide bonds. The van der Waals surface area contributed by atoms with Gasteiger partial charge in [-0.25, -0.2) is 0 Å². The predicted molar refractivity (Wildman–Crippen MR) is 103 cm³/mol. The zero-order valence-corrected chi connectivity index (χ0v) is 17.0. The lowest BCUT2D eigenvalue weighted by molar-refractivity contribution is -0.120. The lowest BCUT2D eigenvalue weighted by atomic mass is 9.75. The van der Waals surface area contributed by atoms with Crippen molar-refractivity contribution in [3.05, 3.63) is 34.4 Å². The molecule has 0 heterocycles. The molecule has 0 unspecified atom stereocenters. The first-order chi connectivity index (χ1) is 11.0. The molecule has 136 valence electrons. The van der Waals surface area contributed by atoms with Crippen molar-refractivity contribution in [3.63, 3.8) is 0 Å². The summed E-state index contributed by atoms with van der Waals surface area (Å²) in [5.41, 5.74) is 5.68. The van der Waals surface area contributed by atoms with Crippen LogP contribution in [0.5, 0.6) is 0 Å². The molecular weight excluding hydrogens is 296 g/mol. The molecule has 2 heteroatoms. The van der Waals surface area contributed by atoms with Crippen LogP contribution in [0.4, 0.5) is 0 Å². The van der Waals surface area contributed by atoms with Crippen LogP contribution in [0.25, 0.3) is 0 Å². The summed E-state index contributed by atoms with van der Waals surface area (Å²) in [5.74, 6) is 0.290. The van der Waals surface area contributed by atoms with Gasteiger partial charge in [0.1, 0.15) is 5.78 Å². The van der Waals surface area contributed by atoms with Crippen LogP contribution < -0.4 is 0 Å². The van der Waals surface area contributed by atoms with Crippen LogP contribution >= 0.6 is 0 Å². The van der Waals surface area contributed by atoms with E-state index in [1.807, 2.05) is 6.92 Å². The molecule has 0 aliphatic rings. The highest BCUT2D eigenvalue weighted by atomic mass is 16.5. The van der Waals surface area contributed by atoms with Crippen LogP contribution in [-0.2, 0) is 26.8 Å². The van der Waals surface area contributed by atoms with Crippen molar-refractivity contribution in [1.29, 1.82) is 0 Å². The molecule has 2 nitrogen and oxygen atoms in total. The first-order valence-electron chi connectivity index (χ1n) is 9.20. The number of rotatable bonds is 7. The lowest BCUT2D eigenvalue weighted by Crippen LogP contribution is -2.20. The molecule has 0 bridgehead atoms. The third kappa shape index (κ3) is 6.05. The Morgan fingerprint density at radius 3 is 1.88 bits per heavy atom. The zero-order valence-electron chi connectivity index (χ0n) is 17.0. The summed E-state index contributed by atoms with van der Waals surface area (Å²) in [7, 11) is 0. The molecule has 1 aromatic rings. The molecule has 1 rings (SSSR count). The molecular formula is C22H36O2. The number of carbonyl (C=O) groups is 1. The second kappa shape index (κ2) is 8.29. The maximum Gasteiger partial charge on any atom is 0.135 e. The van der Waals surface area contributed by atoms with E-state index in [2.05, 4.69) is 60.6 Å². The summed E-state index contributed by atoms with van der Waals surface area (Å²) in [5, 5.41) is 0. The number of aryl methyl sites for hydroxylation is 1. The highest BCUT2D eigenvalue weighted by Gasteiger charge is 2.24. The van der Waals surface area contributed by atoms with Crippen molar-refractivity contribution in [1.82, 2.24) is 0 Å². The van der Waals surface area contributed by atoms with Crippen molar-refractivity contribution in [2.75, 3.05) is 13.2 Å². The van der Waals surface area contributed by atoms with E-state index in [0.717, 1.165) is 6.42 Å². The number of hydrogen-bond acceptors (Lipinski definition) is 2. The molecule has 0 radical (unpaired) electrons. The summed E-state index contributed by atoms with van der Waals surface area (Å²) >= 11 is 0. The number of benzene rings is 1. The maximum atomic E-state index is 12.0. The van der Waals surface area contributed by atoms with E-state index < -0.39 is 0 Å². The molecule has 0 spiro atoms. The second-order valence-electron chi connectivity index (χ2n) is 8.80. The third-order valence-corrected chi connectivity index (χ3v) is 4.51. The zero-order chi connectivity index (χ0) is 18.5. The van der Waals surface area contributed by atoms with Gasteiger partial charge in [-0.1, -0.05) is 53.7 Å². The minimum Gasteiger partial charge on any atom is -0.381 e. The summed E-state index contributed by atoms with van der Waals surface area (Å²) in [6, 6.07) is 4.61. The van der Waals surface area contributed by atoms with E-state index in [-0.39, 0.29) is 10.8 Å². The second-order valence-corrected chi connectivity index (χ2v) is 8.80. The SMILES string of the molecule is CCOCCC(=O)CCc1cc(C(C)(C)C)c(C)c(C(C)(C)C)c1. The average Bonchev–Trinajstić information content (AvgIpc) is 2.44. The molecule has 0 saturated carbocycles. The van der Waals surface area contributed by atoms with Crippen LogP contribution in [0.2, 0.25) is 0 Å². The van der Waals surface area contributed by atoms with Gasteiger partial charge in [0, 0.05) is 19.4 Å². The van der Waals surface area contributed by atoms with Gasteiger partial charge < -0.3 is 4.74 Å². The lowest BCUT2D eigenvalue weighted by Gasteiger charge is -2.30. The Kier molecular flexibility index (Phi) is 7.22. The van der Waals surface area contributed by atoms with Gasteiger partial charge in [0.15, 0.2) is 0 Å². The topological polar surface area (TPSA) is 26.3 Å². The van der Waals surface area contributed by atoms with Crippen LogP contribution in [-0.4, -0.2) is 19.0 Å². The number of carbonyl (C=O) groups excluding carboxylic acids is 1. The molecule has 0 aliphatic carbocycles. The molecule has 24 heavy (non-hydrogen) atoms. The van der Waals surface area contributed by atoms with Gasteiger partial charge in [0.05, 0.1) is 6.61 Å². The van der Waals surface area contributed by atoms with Gasteiger partial charge in [0.2, 0.25) is 0 Å². The Morgan fingerprint density at radius 1 is 0.958 bits per heavy atom. The Labute approximate surface area is 149 Å². The fraction of sp³-hybridized carbons (Fsp3) is 0.682. The van der Waals surface area contributed by atoms with Crippen molar-refractivity contribution in [3.8, 4) is 0 Å². The van der Waals surface area contributed by atoms with Crippen molar-refractivity contribution < 1.29 is 9.53 Å². The largest absolute Gasteiger partial charge is 0.381 e. The highest BCUT2D eigenvalue weighted by molar-refractivity contribution is 5.78. The van der Waals surface area contributed by atoms with E-state index >= 15 is 0 Å². The minimum absolute atomic E-state index is 0.110. The minimum atomic E-state index is 0.110. The summed E-state index contributed by atoms with van der Waals surface area (Å²) in [6.07, 6.45) is 1.94. The standard InChI is InChI=1S/C22H36O2/c1-9-24-13-12-18(23)11-10-17-14-19(21(3,4)5)16(2)20(15-17)22(6,7)8/h14-15H,9-13H2,1-8H3. The van der Waals surface area contributed by atoms with E-state index in [9.17, 15) is 4.79 Å². The van der Waals surface area contributed by atoms with Crippen LogP contribution in [0.15, 0.2) is 12.1 Å². The van der Waals surface area contributed by atoms with Crippen LogP contribution in [0, 0.1) is 6.92 Å². The van der Waals surface area contributed by atoms with E-state index in [0.29, 0.717) is 31.8 Å². The quantitative estimate of drug-likeness (QED) is 0.615. The average molecular weight is 333 g/mol. The number of hydrogen-bond donors (Lipinski definition) is 0. The Bertz CT molecular complexity index is 521. The monoisotopic (exact) mass is 332 g/mol. The van der Waals surface area contributed by atoms with E-state index in [1.165, 1.54) is 22.3 Å². The number of Topliss-reactive ketones (excluding diaryl/α,β-unsaturated/α-hetero) is 1. The van der Waals surface area contributed by atoms with Gasteiger partial charge >= 0.3 is 0 Å². The first kappa shape index (κ1) is 20.9. The van der Waals surface area contributed by atoms with Crippen molar-refractivity contribution >= 4 is 5.78 Å². The van der Waals surface area contributed by atoms with E-state index in [4.69, 9.17) is 4.74 Å². The first-order valence-corrected chi connectivity index (χ1v) is 9.20. The molecule has 0 saturated heterocycles. The Balaban J connectivity index is 3.01. The van der Waals surface area contributed by atoms with Crippen LogP contribution in [0.3, 0.4) is 0 Å². The molecule has 0 fully saturated rings. The van der Waals surface area contributed by atoms with Gasteiger partial charge in [0.25, 0.3) is 0 Å². The fourth-order valence-corrected chi connectivity index (χ4v) is 3.22. The van der Waals surface area contributed by atoms with Gasteiger partial charge in [-0.2, -0.15) is 0 Å². The van der Waals surface area contributed by atoms with Gasteiger partial charge in [-0.05, 0) is 53.4 Å². The molecule has 0 aliphatic heterocycles.